The lowest BCUT2D eigenvalue weighted by atomic mass is 10.1. The van der Waals surface area contributed by atoms with E-state index < -0.39 is 18.4 Å². The van der Waals surface area contributed by atoms with Gasteiger partial charge < -0.3 is 20.1 Å². The molecule has 2 amide bonds. The van der Waals surface area contributed by atoms with E-state index in [1.165, 1.54) is 4.90 Å². The first-order valence-electron chi connectivity index (χ1n) is 5.52. The van der Waals surface area contributed by atoms with Crippen LogP contribution in [-0.4, -0.2) is 59.9 Å². The molecule has 2 N–H and O–H groups in total. The first kappa shape index (κ1) is 12.6. The Morgan fingerprint density at radius 1 is 1.61 bits per heavy atom. The molecule has 0 saturated carbocycles. The molecule has 9 nitrogen and oxygen atoms in total. The molecule has 3 atom stereocenters. The lowest BCUT2D eigenvalue weighted by Crippen LogP contribution is -2.55. The fraction of sp³-hybridized carbons (Fsp3) is 0.778. The molecule has 0 spiro atoms. The van der Waals surface area contributed by atoms with E-state index in [0.717, 1.165) is 0 Å². The summed E-state index contributed by atoms with van der Waals surface area (Å²) in [4.78, 5) is 26.9. The normalized spacial score (nSPS) is 32.1. The quantitative estimate of drug-likeness (QED) is 0.370. The number of piperazine rings is 1. The smallest absolute Gasteiger partial charge is 0.244 e. The van der Waals surface area contributed by atoms with Crippen molar-refractivity contribution in [2.24, 2.45) is 5.11 Å². The molecule has 0 aromatic rings. The largest absolute Gasteiger partial charge is 0.394 e. The van der Waals surface area contributed by atoms with Crippen molar-refractivity contribution >= 4 is 11.8 Å². The molecular formula is C9H13N5O4. The number of ether oxygens (including phenoxy) is 1. The van der Waals surface area contributed by atoms with E-state index in [9.17, 15) is 9.59 Å². The fourth-order valence-electron chi connectivity index (χ4n) is 2.10. The summed E-state index contributed by atoms with van der Waals surface area (Å²) in [6, 6.07) is -0.525. The summed E-state index contributed by atoms with van der Waals surface area (Å²) in [5.74, 6) is -0.510. The van der Waals surface area contributed by atoms with Gasteiger partial charge in [0, 0.05) is 11.3 Å². The van der Waals surface area contributed by atoms with Crippen LogP contribution in [-0.2, 0) is 14.3 Å². The van der Waals surface area contributed by atoms with Crippen LogP contribution in [0.5, 0.6) is 0 Å². The minimum absolute atomic E-state index is 0.0608. The summed E-state index contributed by atoms with van der Waals surface area (Å²) in [5, 5.41) is 15.1. The molecule has 0 unspecified atom stereocenters. The summed E-state index contributed by atoms with van der Waals surface area (Å²) in [5.41, 5.74) is 8.41. The van der Waals surface area contributed by atoms with Gasteiger partial charge in [0.2, 0.25) is 11.8 Å². The van der Waals surface area contributed by atoms with Crippen LogP contribution >= 0.6 is 0 Å². The van der Waals surface area contributed by atoms with Crippen LogP contribution in [0.2, 0.25) is 0 Å². The molecule has 2 heterocycles. The number of aliphatic hydroxyl groups excluding tert-OH is 1. The van der Waals surface area contributed by atoms with Gasteiger partial charge in [0.15, 0.2) is 0 Å². The van der Waals surface area contributed by atoms with E-state index in [0.29, 0.717) is 0 Å². The lowest BCUT2D eigenvalue weighted by Gasteiger charge is -2.31. The standard InChI is InChI=1S/C9H13N5O4/c10-13-12-5-1-9(18-6(5)4-15)14-3-7(16)11-2-8(14)17/h5-6,9,15H,1-4H2,(H,11,16)/t5-,6+,9+/m0/s1. The monoisotopic (exact) mass is 255 g/mol. The van der Waals surface area contributed by atoms with Crippen LogP contribution in [0.4, 0.5) is 0 Å². The number of nitrogens with zero attached hydrogens (tertiary/aromatic N) is 4. The van der Waals surface area contributed by atoms with Gasteiger partial charge in [0.05, 0.1) is 25.3 Å². The van der Waals surface area contributed by atoms with Gasteiger partial charge in [-0.3, -0.25) is 9.59 Å². The maximum Gasteiger partial charge on any atom is 0.244 e. The fourth-order valence-corrected chi connectivity index (χ4v) is 2.10. The minimum Gasteiger partial charge on any atom is -0.394 e. The van der Waals surface area contributed by atoms with Gasteiger partial charge in [-0.15, -0.1) is 0 Å². The highest BCUT2D eigenvalue weighted by atomic mass is 16.5. The second-order valence-electron chi connectivity index (χ2n) is 4.12. The maximum atomic E-state index is 11.7. The van der Waals surface area contributed by atoms with E-state index in [1.54, 1.807) is 0 Å². The van der Waals surface area contributed by atoms with Gasteiger partial charge in [0.1, 0.15) is 12.8 Å². The average molecular weight is 255 g/mol. The third-order valence-corrected chi connectivity index (χ3v) is 3.00. The van der Waals surface area contributed by atoms with Crippen molar-refractivity contribution in [1.82, 2.24) is 10.2 Å². The Morgan fingerprint density at radius 2 is 2.39 bits per heavy atom. The van der Waals surface area contributed by atoms with Crippen molar-refractivity contribution in [3.63, 3.8) is 0 Å². The molecule has 2 aliphatic heterocycles. The van der Waals surface area contributed by atoms with E-state index in [-0.39, 0.29) is 37.9 Å². The number of azide groups is 1. The van der Waals surface area contributed by atoms with Crippen molar-refractivity contribution in [3.05, 3.63) is 10.4 Å². The first-order valence-corrected chi connectivity index (χ1v) is 5.52. The van der Waals surface area contributed by atoms with Gasteiger partial charge >= 0.3 is 0 Å². The second-order valence-corrected chi connectivity index (χ2v) is 4.12. The topological polar surface area (TPSA) is 128 Å². The first-order chi connectivity index (χ1) is 8.65. The number of nitrogens with one attached hydrogen (secondary N) is 1. The zero-order chi connectivity index (χ0) is 13.1. The van der Waals surface area contributed by atoms with Gasteiger partial charge in [-0.1, -0.05) is 5.11 Å². The van der Waals surface area contributed by atoms with Gasteiger partial charge in [-0.05, 0) is 5.53 Å². The number of amides is 2. The van der Waals surface area contributed by atoms with E-state index >= 15 is 0 Å². The molecule has 2 saturated heterocycles. The summed E-state index contributed by atoms with van der Waals surface area (Å²) in [6.45, 7) is -0.437. The summed E-state index contributed by atoms with van der Waals surface area (Å²) in [7, 11) is 0. The second kappa shape index (κ2) is 5.21. The van der Waals surface area contributed by atoms with Crippen LogP contribution in [0.15, 0.2) is 5.11 Å². The predicted octanol–water partition coefficient (Wildman–Crippen LogP) is -1.27. The number of aliphatic hydroxyl groups is 1. The van der Waals surface area contributed by atoms with Gasteiger partial charge in [0.25, 0.3) is 0 Å². The molecule has 0 aliphatic carbocycles. The maximum absolute atomic E-state index is 11.7. The molecule has 2 rings (SSSR count). The third kappa shape index (κ3) is 2.37. The molecule has 2 fully saturated rings. The Hall–Kier alpha value is -1.83. The lowest BCUT2D eigenvalue weighted by molar-refractivity contribution is -0.154. The average Bonchev–Trinajstić information content (AvgIpc) is 2.76. The number of hydrogen-bond acceptors (Lipinski definition) is 5. The van der Waals surface area contributed by atoms with Crippen molar-refractivity contribution < 1.29 is 19.4 Å². The Labute approximate surface area is 102 Å². The Bertz CT molecular complexity index is 408. The van der Waals surface area contributed by atoms with Crippen LogP contribution in [0, 0.1) is 0 Å². The molecule has 2 aliphatic rings. The van der Waals surface area contributed by atoms with Crippen molar-refractivity contribution in [1.29, 1.82) is 0 Å². The van der Waals surface area contributed by atoms with Crippen LogP contribution in [0.1, 0.15) is 6.42 Å². The molecule has 0 aromatic heterocycles. The van der Waals surface area contributed by atoms with E-state index in [2.05, 4.69) is 15.3 Å². The van der Waals surface area contributed by atoms with Crippen molar-refractivity contribution in [2.75, 3.05) is 19.7 Å². The molecule has 18 heavy (non-hydrogen) atoms. The summed E-state index contributed by atoms with van der Waals surface area (Å²) < 4.78 is 5.44. The Balaban J connectivity index is 2.08. The zero-order valence-electron chi connectivity index (χ0n) is 9.52. The Kier molecular flexibility index (Phi) is 3.66. The van der Waals surface area contributed by atoms with Gasteiger partial charge in [-0.25, -0.2) is 0 Å². The van der Waals surface area contributed by atoms with E-state index in [1.807, 2.05) is 0 Å². The number of carbonyl (C=O) groups is 2. The molecule has 0 bridgehead atoms. The molecular weight excluding hydrogens is 242 g/mol. The number of rotatable bonds is 3. The van der Waals surface area contributed by atoms with Crippen LogP contribution in [0.3, 0.4) is 0 Å². The number of hydrogen-bond donors (Lipinski definition) is 2. The molecule has 0 radical (unpaired) electrons. The molecule has 98 valence electrons. The third-order valence-electron chi connectivity index (χ3n) is 3.00. The van der Waals surface area contributed by atoms with E-state index in [4.69, 9.17) is 15.4 Å². The predicted molar refractivity (Wildman–Crippen MR) is 58.0 cm³/mol. The highest BCUT2D eigenvalue weighted by Crippen LogP contribution is 2.26. The van der Waals surface area contributed by atoms with Gasteiger partial charge in [-0.2, -0.15) is 0 Å². The van der Waals surface area contributed by atoms with Crippen LogP contribution < -0.4 is 5.32 Å². The van der Waals surface area contributed by atoms with Crippen LogP contribution in [0.25, 0.3) is 10.4 Å². The number of carbonyl (C=O) groups excluding carboxylic acids is 2. The SMILES string of the molecule is [N-]=[N+]=N[C@H]1C[C@H](N2CC(=O)NCC2=O)O[C@@H]1CO. The van der Waals surface area contributed by atoms with Crippen molar-refractivity contribution in [2.45, 2.75) is 24.8 Å². The summed E-state index contributed by atoms with van der Waals surface area (Å²) in [6.07, 6.45) is -0.978. The Morgan fingerprint density at radius 3 is 3.06 bits per heavy atom. The van der Waals surface area contributed by atoms with Crippen molar-refractivity contribution in [3.8, 4) is 0 Å². The minimum atomic E-state index is -0.635. The zero-order valence-corrected chi connectivity index (χ0v) is 9.52. The molecule has 0 aromatic carbocycles. The highest BCUT2D eigenvalue weighted by Gasteiger charge is 2.40. The summed E-state index contributed by atoms with van der Waals surface area (Å²) >= 11 is 0. The highest BCUT2D eigenvalue weighted by molar-refractivity contribution is 5.92. The molecule has 9 heteroatoms.